The zero-order valence-electron chi connectivity index (χ0n) is 10.3. The Morgan fingerprint density at radius 2 is 2.35 bits per heavy atom. The summed E-state index contributed by atoms with van der Waals surface area (Å²) in [6.07, 6.45) is 3.85. The predicted octanol–water partition coefficient (Wildman–Crippen LogP) is 2.44. The van der Waals surface area contributed by atoms with Gasteiger partial charge in [0.1, 0.15) is 5.82 Å². The fraction of sp³-hybridized carbons (Fsp3) is 0.357. The second kappa shape index (κ2) is 5.64. The van der Waals surface area contributed by atoms with Crippen LogP contribution in [0, 0.1) is 0 Å². The lowest BCUT2D eigenvalue weighted by molar-refractivity contribution is 0.727. The van der Waals surface area contributed by atoms with Crippen LogP contribution in [0.2, 0.25) is 0 Å². The van der Waals surface area contributed by atoms with E-state index >= 15 is 0 Å². The molecule has 0 saturated carbocycles. The van der Waals surface area contributed by atoms with Crippen LogP contribution < -0.4 is 5.32 Å². The Labute approximate surface area is 102 Å². The van der Waals surface area contributed by atoms with Gasteiger partial charge >= 0.3 is 0 Å². The number of nitrogens with zero attached hydrogens (tertiary/aromatic N) is 1. The van der Waals surface area contributed by atoms with Crippen molar-refractivity contribution in [1.82, 2.24) is 15.3 Å². The standard InChI is InChI=1S/C14H19N3/c1-3-8-15-9-7-14-16-12-6-5-11(4-2)10-13(12)17-14/h3,5-6,10,15H,1,4,7-9H2,2H3,(H,16,17). The van der Waals surface area contributed by atoms with Gasteiger partial charge in [-0.25, -0.2) is 4.98 Å². The minimum absolute atomic E-state index is 0.847. The molecule has 0 aliphatic heterocycles. The monoisotopic (exact) mass is 229 g/mol. The zero-order chi connectivity index (χ0) is 12.1. The van der Waals surface area contributed by atoms with Crippen molar-refractivity contribution < 1.29 is 0 Å². The first-order valence-electron chi connectivity index (χ1n) is 6.12. The smallest absolute Gasteiger partial charge is 0.108 e. The highest BCUT2D eigenvalue weighted by Gasteiger charge is 2.02. The van der Waals surface area contributed by atoms with Gasteiger partial charge in [-0.05, 0) is 24.1 Å². The van der Waals surface area contributed by atoms with Crippen molar-refractivity contribution in [3.63, 3.8) is 0 Å². The van der Waals surface area contributed by atoms with Crippen molar-refractivity contribution in [2.75, 3.05) is 13.1 Å². The number of hydrogen-bond acceptors (Lipinski definition) is 2. The van der Waals surface area contributed by atoms with E-state index in [1.165, 1.54) is 5.56 Å². The molecule has 0 fully saturated rings. The number of H-pyrrole nitrogens is 1. The van der Waals surface area contributed by atoms with E-state index in [2.05, 4.69) is 47.0 Å². The fourth-order valence-corrected chi connectivity index (χ4v) is 1.86. The Morgan fingerprint density at radius 1 is 1.47 bits per heavy atom. The molecule has 0 unspecified atom stereocenters. The lowest BCUT2D eigenvalue weighted by Crippen LogP contribution is -2.17. The molecule has 0 amide bonds. The van der Waals surface area contributed by atoms with Crippen LogP contribution in [0.4, 0.5) is 0 Å². The Balaban J connectivity index is 2.06. The molecular weight excluding hydrogens is 210 g/mol. The number of rotatable bonds is 6. The van der Waals surface area contributed by atoms with E-state index in [-0.39, 0.29) is 0 Å². The van der Waals surface area contributed by atoms with Gasteiger partial charge in [0.2, 0.25) is 0 Å². The van der Waals surface area contributed by atoms with Gasteiger partial charge in [-0.1, -0.05) is 19.1 Å². The molecule has 1 aromatic carbocycles. The molecule has 0 aliphatic rings. The van der Waals surface area contributed by atoms with Gasteiger partial charge in [-0.15, -0.1) is 6.58 Å². The van der Waals surface area contributed by atoms with Crippen LogP contribution in [0.5, 0.6) is 0 Å². The summed E-state index contributed by atoms with van der Waals surface area (Å²) in [4.78, 5) is 7.93. The van der Waals surface area contributed by atoms with E-state index in [1.807, 2.05) is 6.08 Å². The first-order valence-corrected chi connectivity index (χ1v) is 6.12. The summed E-state index contributed by atoms with van der Waals surface area (Å²) in [5.41, 5.74) is 3.54. The normalized spacial score (nSPS) is 10.9. The third-order valence-corrected chi connectivity index (χ3v) is 2.83. The van der Waals surface area contributed by atoms with Gasteiger partial charge in [0, 0.05) is 19.5 Å². The highest BCUT2D eigenvalue weighted by Crippen LogP contribution is 2.14. The number of imidazole rings is 1. The molecule has 3 heteroatoms. The van der Waals surface area contributed by atoms with E-state index in [4.69, 9.17) is 0 Å². The van der Waals surface area contributed by atoms with Crippen LogP contribution in [0.25, 0.3) is 11.0 Å². The maximum Gasteiger partial charge on any atom is 0.108 e. The largest absolute Gasteiger partial charge is 0.342 e. The topological polar surface area (TPSA) is 40.7 Å². The second-order valence-electron chi connectivity index (χ2n) is 4.13. The van der Waals surface area contributed by atoms with E-state index < -0.39 is 0 Å². The summed E-state index contributed by atoms with van der Waals surface area (Å²) in [7, 11) is 0. The number of benzene rings is 1. The lowest BCUT2D eigenvalue weighted by atomic mass is 10.1. The van der Waals surface area contributed by atoms with Crippen molar-refractivity contribution in [3.05, 3.63) is 42.2 Å². The van der Waals surface area contributed by atoms with Crippen LogP contribution in [-0.4, -0.2) is 23.1 Å². The highest BCUT2D eigenvalue weighted by molar-refractivity contribution is 5.75. The van der Waals surface area contributed by atoms with Gasteiger partial charge < -0.3 is 10.3 Å². The minimum Gasteiger partial charge on any atom is -0.342 e. The third-order valence-electron chi connectivity index (χ3n) is 2.83. The molecule has 2 rings (SSSR count). The first kappa shape index (κ1) is 11.9. The fourth-order valence-electron chi connectivity index (χ4n) is 1.86. The summed E-state index contributed by atoms with van der Waals surface area (Å²) < 4.78 is 0. The summed E-state index contributed by atoms with van der Waals surface area (Å²) in [5, 5.41) is 3.27. The number of aromatic amines is 1. The van der Waals surface area contributed by atoms with Crippen LogP contribution in [0.15, 0.2) is 30.9 Å². The maximum atomic E-state index is 4.56. The van der Waals surface area contributed by atoms with Crippen molar-refractivity contribution in [3.8, 4) is 0 Å². The van der Waals surface area contributed by atoms with Gasteiger partial charge in [0.05, 0.1) is 11.0 Å². The molecule has 1 aromatic heterocycles. The molecular formula is C14H19N3. The van der Waals surface area contributed by atoms with E-state index in [0.29, 0.717) is 0 Å². The average Bonchev–Trinajstić information content (AvgIpc) is 2.76. The number of aromatic nitrogens is 2. The summed E-state index contributed by atoms with van der Waals surface area (Å²) in [6.45, 7) is 7.61. The van der Waals surface area contributed by atoms with Crippen LogP contribution in [-0.2, 0) is 12.8 Å². The molecule has 17 heavy (non-hydrogen) atoms. The van der Waals surface area contributed by atoms with Crippen molar-refractivity contribution in [2.24, 2.45) is 0 Å². The van der Waals surface area contributed by atoms with E-state index in [9.17, 15) is 0 Å². The Morgan fingerprint density at radius 3 is 3.12 bits per heavy atom. The number of fused-ring (bicyclic) bond motifs is 1. The molecule has 2 N–H and O–H groups in total. The molecule has 0 radical (unpaired) electrons. The van der Waals surface area contributed by atoms with Gasteiger partial charge in [-0.3, -0.25) is 0 Å². The summed E-state index contributed by atoms with van der Waals surface area (Å²) >= 11 is 0. The number of hydrogen-bond donors (Lipinski definition) is 2. The Hall–Kier alpha value is -1.61. The van der Waals surface area contributed by atoms with Crippen LogP contribution >= 0.6 is 0 Å². The van der Waals surface area contributed by atoms with Crippen LogP contribution in [0.3, 0.4) is 0 Å². The summed E-state index contributed by atoms with van der Waals surface area (Å²) in [6, 6.07) is 6.41. The maximum absolute atomic E-state index is 4.56. The number of nitrogens with one attached hydrogen (secondary N) is 2. The van der Waals surface area contributed by atoms with Crippen LogP contribution in [0.1, 0.15) is 18.3 Å². The average molecular weight is 229 g/mol. The zero-order valence-corrected chi connectivity index (χ0v) is 10.3. The second-order valence-corrected chi connectivity index (χ2v) is 4.13. The van der Waals surface area contributed by atoms with Gasteiger partial charge in [0.15, 0.2) is 0 Å². The summed E-state index contributed by atoms with van der Waals surface area (Å²) in [5.74, 6) is 1.05. The molecule has 0 bridgehead atoms. The first-order chi connectivity index (χ1) is 8.33. The molecule has 0 aliphatic carbocycles. The predicted molar refractivity (Wildman–Crippen MR) is 72.2 cm³/mol. The molecule has 3 nitrogen and oxygen atoms in total. The highest BCUT2D eigenvalue weighted by atomic mass is 14.9. The Bertz CT molecular complexity index is 499. The molecule has 0 atom stereocenters. The minimum atomic E-state index is 0.847. The lowest BCUT2D eigenvalue weighted by Gasteiger charge is -1.97. The van der Waals surface area contributed by atoms with Crippen molar-refractivity contribution >= 4 is 11.0 Å². The Kier molecular flexibility index (Phi) is 3.94. The van der Waals surface area contributed by atoms with Gasteiger partial charge in [0.25, 0.3) is 0 Å². The SMILES string of the molecule is C=CCNCCc1nc2ccc(CC)cc2[nH]1. The molecule has 1 heterocycles. The molecule has 90 valence electrons. The van der Waals surface area contributed by atoms with Crippen molar-refractivity contribution in [1.29, 1.82) is 0 Å². The quantitative estimate of drug-likeness (QED) is 0.590. The van der Waals surface area contributed by atoms with E-state index in [1.54, 1.807) is 0 Å². The third kappa shape index (κ3) is 2.94. The number of aryl methyl sites for hydroxylation is 1. The van der Waals surface area contributed by atoms with E-state index in [0.717, 1.165) is 42.8 Å². The molecule has 0 saturated heterocycles. The van der Waals surface area contributed by atoms with Gasteiger partial charge in [-0.2, -0.15) is 0 Å². The molecule has 0 spiro atoms. The van der Waals surface area contributed by atoms with Crippen molar-refractivity contribution in [2.45, 2.75) is 19.8 Å². The molecule has 2 aromatic rings.